The first-order valence-corrected chi connectivity index (χ1v) is 9.14. The highest BCUT2D eigenvalue weighted by molar-refractivity contribution is 6.31. The number of halogens is 2. The summed E-state index contributed by atoms with van der Waals surface area (Å²) in [7, 11) is 0. The van der Waals surface area contributed by atoms with Gasteiger partial charge >= 0.3 is 0 Å². The van der Waals surface area contributed by atoms with Crippen LogP contribution in [-0.2, 0) is 4.79 Å². The standard InChI is InChI=1S/C20H23ClFN3O/c1-14-18(21)4-3-5-19(14)23-20(26)15(2)24-10-12-25(13-11-24)17-8-6-16(22)7-9-17/h3-9,15H,10-13H2,1-2H3,(H,23,26). The molecule has 1 amide bonds. The molecule has 0 aromatic heterocycles. The van der Waals surface area contributed by atoms with E-state index in [0.717, 1.165) is 43.1 Å². The van der Waals surface area contributed by atoms with Gasteiger partial charge in [-0.1, -0.05) is 17.7 Å². The minimum absolute atomic E-state index is 0.0365. The van der Waals surface area contributed by atoms with E-state index in [2.05, 4.69) is 15.1 Å². The normalized spacial score (nSPS) is 16.4. The van der Waals surface area contributed by atoms with E-state index < -0.39 is 0 Å². The van der Waals surface area contributed by atoms with Crippen molar-refractivity contribution in [1.29, 1.82) is 0 Å². The Kier molecular flexibility index (Phi) is 5.79. The Labute approximate surface area is 158 Å². The third-order valence-electron chi connectivity index (χ3n) is 4.96. The van der Waals surface area contributed by atoms with Gasteiger partial charge in [0.2, 0.25) is 5.91 Å². The fourth-order valence-corrected chi connectivity index (χ4v) is 3.34. The van der Waals surface area contributed by atoms with Crippen molar-refractivity contribution >= 4 is 28.9 Å². The zero-order chi connectivity index (χ0) is 18.7. The molecule has 0 saturated carbocycles. The lowest BCUT2D eigenvalue weighted by Crippen LogP contribution is -2.52. The smallest absolute Gasteiger partial charge is 0.241 e. The molecule has 0 bridgehead atoms. The highest BCUT2D eigenvalue weighted by Crippen LogP contribution is 2.23. The Balaban J connectivity index is 1.57. The second-order valence-corrected chi connectivity index (χ2v) is 6.98. The second-order valence-electron chi connectivity index (χ2n) is 6.58. The fraction of sp³-hybridized carbons (Fsp3) is 0.350. The predicted octanol–water partition coefficient (Wildman–Crippen LogP) is 3.94. The van der Waals surface area contributed by atoms with Gasteiger partial charge in [0.05, 0.1) is 6.04 Å². The van der Waals surface area contributed by atoms with Gasteiger partial charge in [-0.15, -0.1) is 0 Å². The molecule has 0 spiro atoms. The Morgan fingerprint density at radius 2 is 1.77 bits per heavy atom. The van der Waals surface area contributed by atoms with Crippen molar-refractivity contribution < 1.29 is 9.18 Å². The molecule has 6 heteroatoms. The summed E-state index contributed by atoms with van der Waals surface area (Å²) in [4.78, 5) is 17.0. The maximum Gasteiger partial charge on any atom is 0.241 e. The summed E-state index contributed by atoms with van der Waals surface area (Å²) in [5.41, 5.74) is 2.63. The van der Waals surface area contributed by atoms with Gasteiger partial charge in [-0.2, -0.15) is 0 Å². The van der Waals surface area contributed by atoms with Crippen LogP contribution < -0.4 is 10.2 Å². The molecule has 26 heavy (non-hydrogen) atoms. The van der Waals surface area contributed by atoms with Crippen molar-refractivity contribution in [2.24, 2.45) is 0 Å². The summed E-state index contributed by atoms with van der Waals surface area (Å²) in [6, 6.07) is 11.8. The average molecular weight is 376 g/mol. The van der Waals surface area contributed by atoms with Gasteiger partial charge in [0, 0.05) is 42.6 Å². The predicted molar refractivity (Wildman–Crippen MR) is 104 cm³/mol. The van der Waals surface area contributed by atoms with Crippen LogP contribution >= 0.6 is 11.6 Å². The second kappa shape index (κ2) is 8.06. The monoisotopic (exact) mass is 375 g/mol. The zero-order valence-electron chi connectivity index (χ0n) is 15.0. The summed E-state index contributed by atoms with van der Waals surface area (Å²) in [6.07, 6.45) is 0. The van der Waals surface area contributed by atoms with Gasteiger partial charge in [0.25, 0.3) is 0 Å². The molecular weight excluding hydrogens is 353 g/mol. The molecule has 1 aliphatic heterocycles. The van der Waals surface area contributed by atoms with Crippen molar-refractivity contribution in [2.75, 3.05) is 36.4 Å². The highest BCUT2D eigenvalue weighted by Gasteiger charge is 2.26. The molecule has 0 aliphatic carbocycles. The van der Waals surface area contributed by atoms with Crippen LogP contribution in [0.3, 0.4) is 0 Å². The van der Waals surface area contributed by atoms with Crippen molar-refractivity contribution in [3.63, 3.8) is 0 Å². The number of benzene rings is 2. The van der Waals surface area contributed by atoms with Crippen LogP contribution in [-0.4, -0.2) is 43.0 Å². The van der Waals surface area contributed by atoms with Gasteiger partial charge < -0.3 is 10.2 Å². The van der Waals surface area contributed by atoms with E-state index in [-0.39, 0.29) is 17.8 Å². The van der Waals surface area contributed by atoms with Crippen LogP contribution in [0.25, 0.3) is 0 Å². The average Bonchev–Trinajstić information content (AvgIpc) is 2.65. The van der Waals surface area contributed by atoms with Crippen LogP contribution in [0.15, 0.2) is 42.5 Å². The Hall–Kier alpha value is -2.11. The van der Waals surface area contributed by atoms with Crippen molar-refractivity contribution in [2.45, 2.75) is 19.9 Å². The first kappa shape index (κ1) is 18.7. The van der Waals surface area contributed by atoms with Gasteiger partial charge in [-0.25, -0.2) is 4.39 Å². The summed E-state index contributed by atoms with van der Waals surface area (Å²) in [5.74, 6) is -0.264. The molecule has 2 aromatic rings. The SMILES string of the molecule is Cc1c(Cl)cccc1NC(=O)C(C)N1CCN(c2ccc(F)cc2)CC1. The lowest BCUT2D eigenvalue weighted by atomic mass is 10.1. The lowest BCUT2D eigenvalue weighted by molar-refractivity contribution is -0.120. The number of anilines is 2. The van der Waals surface area contributed by atoms with Crippen LogP contribution in [0.1, 0.15) is 12.5 Å². The zero-order valence-corrected chi connectivity index (χ0v) is 15.8. The number of rotatable bonds is 4. The largest absolute Gasteiger partial charge is 0.369 e. The van der Waals surface area contributed by atoms with E-state index in [4.69, 9.17) is 11.6 Å². The number of amides is 1. The van der Waals surface area contributed by atoms with Crippen molar-refractivity contribution in [3.8, 4) is 0 Å². The molecule has 1 fully saturated rings. The molecule has 0 radical (unpaired) electrons. The van der Waals surface area contributed by atoms with Crippen molar-refractivity contribution in [1.82, 2.24) is 4.90 Å². The van der Waals surface area contributed by atoms with Crippen LogP contribution in [0, 0.1) is 12.7 Å². The maximum atomic E-state index is 13.1. The molecule has 2 aromatic carbocycles. The van der Waals surface area contributed by atoms with E-state index in [9.17, 15) is 9.18 Å². The van der Waals surface area contributed by atoms with E-state index in [0.29, 0.717) is 5.02 Å². The van der Waals surface area contributed by atoms with E-state index in [1.165, 1.54) is 12.1 Å². The highest BCUT2D eigenvalue weighted by atomic mass is 35.5. The van der Waals surface area contributed by atoms with Crippen molar-refractivity contribution in [3.05, 3.63) is 58.9 Å². The molecule has 1 aliphatic rings. The minimum Gasteiger partial charge on any atom is -0.369 e. The number of nitrogens with zero attached hydrogens (tertiary/aromatic N) is 2. The van der Waals surface area contributed by atoms with E-state index >= 15 is 0 Å². The summed E-state index contributed by atoms with van der Waals surface area (Å²) in [5, 5.41) is 3.62. The van der Waals surface area contributed by atoms with Crippen LogP contribution in [0.4, 0.5) is 15.8 Å². The third kappa shape index (κ3) is 4.17. The summed E-state index contributed by atoms with van der Waals surface area (Å²) < 4.78 is 13.1. The molecule has 3 rings (SSSR count). The number of piperazine rings is 1. The van der Waals surface area contributed by atoms with Crippen LogP contribution in [0.2, 0.25) is 5.02 Å². The van der Waals surface area contributed by atoms with Gasteiger partial charge in [-0.3, -0.25) is 9.69 Å². The summed E-state index contributed by atoms with van der Waals surface area (Å²) >= 11 is 6.12. The topological polar surface area (TPSA) is 35.6 Å². The lowest BCUT2D eigenvalue weighted by Gasteiger charge is -2.38. The first-order valence-electron chi connectivity index (χ1n) is 8.76. The Bertz CT molecular complexity index is 773. The van der Waals surface area contributed by atoms with Gasteiger partial charge in [0.1, 0.15) is 5.82 Å². The molecular formula is C20H23ClFN3O. The number of nitrogens with one attached hydrogen (secondary N) is 1. The van der Waals surface area contributed by atoms with E-state index in [1.54, 1.807) is 12.1 Å². The van der Waals surface area contributed by atoms with Gasteiger partial charge in [0.15, 0.2) is 0 Å². The van der Waals surface area contributed by atoms with Crippen LogP contribution in [0.5, 0.6) is 0 Å². The molecule has 1 saturated heterocycles. The Morgan fingerprint density at radius 1 is 1.12 bits per heavy atom. The summed E-state index contributed by atoms with van der Waals surface area (Å²) in [6.45, 7) is 6.98. The number of carbonyl (C=O) groups excluding carboxylic acids is 1. The van der Waals surface area contributed by atoms with Gasteiger partial charge in [-0.05, 0) is 55.8 Å². The first-order chi connectivity index (χ1) is 12.5. The van der Waals surface area contributed by atoms with E-state index in [1.807, 2.05) is 32.0 Å². The number of carbonyl (C=O) groups is 1. The molecule has 1 atom stereocenters. The number of hydrogen-bond acceptors (Lipinski definition) is 3. The molecule has 1 unspecified atom stereocenters. The third-order valence-corrected chi connectivity index (χ3v) is 5.37. The molecule has 4 nitrogen and oxygen atoms in total. The Morgan fingerprint density at radius 3 is 2.42 bits per heavy atom. The fourth-order valence-electron chi connectivity index (χ4n) is 3.17. The minimum atomic E-state index is -0.233. The number of hydrogen-bond donors (Lipinski definition) is 1. The molecule has 1 heterocycles. The maximum absolute atomic E-state index is 13.1. The molecule has 138 valence electrons. The quantitative estimate of drug-likeness (QED) is 0.879. The molecule has 1 N–H and O–H groups in total.